The second kappa shape index (κ2) is 6.49. The Kier molecular flexibility index (Phi) is 4.47. The lowest BCUT2D eigenvalue weighted by atomic mass is 10.1. The highest BCUT2D eigenvalue weighted by Gasteiger charge is 2.09. The van der Waals surface area contributed by atoms with E-state index in [0.29, 0.717) is 5.56 Å². The first kappa shape index (κ1) is 15.2. The molecule has 2 rings (SSSR count). The maximum atomic E-state index is 11.9. The molecule has 0 bridgehead atoms. The second-order valence-electron chi connectivity index (χ2n) is 4.51. The van der Waals surface area contributed by atoms with Gasteiger partial charge >= 0.3 is 0 Å². The van der Waals surface area contributed by atoms with E-state index in [1.165, 1.54) is 18.2 Å². The van der Waals surface area contributed by atoms with Crippen molar-refractivity contribution >= 4 is 17.8 Å². The zero-order valence-electron chi connectivity index (χ0n) is 11.7. The topological polar surface area (TPSA) is 105 Å². The van der Waals surface area contributed by atoms with E-state index in [1.807, 2.05) is 6.07 Å². The van der Waals surface area contributed by atoms with Crippen LogP contribution in [-0.4, -0.2) is 22.2 Å². The van der Waals surface area contributed by atoms with E-state index in [9.17, 15) is 20.0 Å². The van der Waals surface area contributed by atoms with E-state index >= 15 is 0 Å². The standard InChI is InChI=1S/C15H13N3O4/c1-10-4-2-3-5-13(10)15(20)17-16-9-11-8-12(18(21)22)6-7-14(11)19/h2-9,19H,1H3,(H,17,20)/b16-9+. The number of carbonyl (C=O) groups excluding carboxylic acids is 1. The number of aromatic hydroxyl groups is 1. The van der Waals surface area contributed by atoms with Crippen LogP contribution in [0.2, 0.25) is 0 Å². The zero-order valence-corrected chi connectivity index (χ0v) is 11.7. The van der Waals surface area contributed by atoms with Crippen LogP contribution in [-0.2, 0) is 0 Å². The summed E-state index contributed by atoms with van der Waals surface area (Å²) in [4.78, 5) is 22.0. The van der Waals surface area contributed by atoms with Crippen LogP contribution in [0.15, 0.2) is 47.6 Å². The van der Waals surface area contributed by atoms with Gasteiger partial charge in [0.05, 0.1) is 11.1 Å². The Morgan fingerprint density at radius 3 is 2.73 bits per heavy atom. The van der Waals surface area contributed by atoms with Gasteiger partial charge in [0, 0.05) is 23.3 Å². The Morgan fingerprint density at radius 1 is 1.32 bits per heavy atom. The maximum Gasteiger partial charge on any atom is 0.271 e. The number of nitro groups is 1. The van der Waals surface area contributed by atoms with Crippen molar-refractivity contribution in [3.05, 3.63) is 69.3 Å². The number of non-ortho nitro benzene ring substituents is 1. The SMILES string of the molecule is Cc1ccccc1C(=O)N/N=C/c1cc([N+](=O)[O-])ccc1O. The number of hydrogen-bond acceptors (Lipinski definition) is 5. The fourth-order valence-electron chi connectivity index (χ4n) is 1.81. The highest BCUT2D eigenvalue weighted by Crippen LogP contribution is 2.21. The number of phenols is 1. The first-order chi connectivity index (χ1) is 10.5. The number of benzene rings is 2. The van der Waals surface area contributed by atoms with Crippen molar-refractivity contribution in [2.45, 2.75) is 6.92 Å². The summed E-state index contributed by atoms with van der Waals surface area (Å²) < 4.78 is 0. The lowest BCUT2D eigenvalue weighted by molar-refractivity contribution is -0.384. The van der Waals surface area contributed by atoms with E-state index < -0.39 is 10.8 Å². The molecular weight excluding hydrogens is 286 g/mol. The molecule has 0 saturated heterocycles. The van der Waals surface area contributed by atoms with E-state index in [-0.39, 0.29) is 17.0 Å². The number of aryl methyl sites for hydroxylation is 1. The van der Waals surface area contributed by atoms with Gasteiger partial charge in [0.1, 0.15) is 5.75 Å². The fraction of sp³-hybridized carbons (Fsp3) is 0.0667. The minimum Gasteiger partial charge on any atom is -0.507 e. The molecule has 7 nitrogen and oxygen atoms in total. The van der Waals surface area contributed by atoms with Gasteiger partial charge < -0.3 is 5.11 Å². The number of nitrogens with one attached hydrogen (secondary N) is 1. The summed E-state index contributed by atoms with van der Waals surface area (Å²) in [5.41, 5.74) is 3.55. The first-order valence-corrected chi connectivity index (χ1v) is 6.35. The van der Waals surface area contributed by atoms with Gasteiger partial charge in [-0.1, -0.05) is 18.2 Å². The van der Waals surface area contributed by atoms with Gasteiger partial charge in [-0.25, -0.2) is 5.43 Å². The molecule has 0 aliphatic carbocycles. The monoisotopic (exact) mass is 299 g/mol. The van der Waals surface area contributed by atoms with Crippen LogP contribution in [0.4, 0.5) is 5.69 Å². The molecule has 7 heteroatoms. The summed E-state index contributed by atoms with van der Waals surface area (Å²) in [5, 5.41) is 24.0. The van der Waals surface area contributed by atoms with Gasteiger partial charge in [-0.2, -0.15) is 5.10 Å². The Balaban J connectivity index is 2.13. The minimum absolute atomic E-state index is 0.138. The summed E-state index contributed by atoms with van der Waals surface area (Å²) in [5.74, 6) is -0.571. The van der Waals surface area contributed by atoms with Crippen LogP contribution in [0.3, 0.4) is 0 Å². The quantitative estimate of drug-likeness (QED) is 0.513. The van der Waals surface area contributed by atoms with Crippen molar-refractivity contribution in [1.82, 2.24) is 5.43 Å². The van der Waals surface area contributed by atoms with E-state index in [1.54, 1.807) is 25.1 Å². The molecule has 0 atom stereocenters. The lowest BCUT2D eigenvalue weighted by Crippen LogP contribution is -2.18. The van der Waals surface area contributed by atoms with E-state index in [2.05, 4.69) is 10.5 Å². The third-order valence-electron chi connectivity index (χ3n) is 2.98. The van der Waals surface area contributed by atoms with Gasteiger partial charge in [0.25, 0.3) is 11.6 Å². The molecule has 0 spiro atoms. The van der Waals surface area contributed by atoms with Crippen molar-refractivity contribution in [3.8, 4) is 5.75 Å². The lowest BCUT2D eigenvalue weighted by Gasteiger charge is -2.03. The smallest absolute Gasteiger partial charge is 0.271 e. The third kappa shape index (κ3) is 3.45. The molecule has 2 aromatic carbocycles. The highest BCUT2D eigenvalue weighted by molar-refractivity contribution is 5.96. The summed E-state index contributed by atoms with van der Waals surface area (Å²) >= 11 is 0. The largest absolute Gasteiger partial charge is 0.507 e. The summed E-state index contributed by atoms with van der Waals surface area (Å²) in [7, 11) is 0. The van der Waals surface area contributed by atoms with Crippen molar-refractivity contribution in [2.24, 2.45) is 5.10 Å². The summed E-state index contributed by atoms with van der Waals surface area (Å²) in [6, 6.07) is 10.5. The molecule has 0 heterocycles. The predicted octanol–water partition coefficient (Wildman–Crippen LogP) is 2.37. The number of phenolic OH excluding ortho intramolecular Hbond substituents is 1. The molecule has 0 aliphatic heterocycles. The molecule has 0 unspecified atom stereocenters. The summed E-state index contributed by atoms with van der Waals surface area (Å²) in [6.45, 7) is 1.80. The van der Waals surface area contributed by atoms with Crippen molar-refractivity contribution in [2.75, 3.05) is 0 Å². The van der Waals surface area contributed by atoms with Gasteiger partial charge in [-0.15, -0.1) is 0 Å². The number of hydrogen-bond donors (Lipinski definition) is 2. The first-order valence-electron chi connectivity index (χ1n) is 6.35. The van der Waals surface area contributed by atoms with Crippen LogP contribution in [0, 0.1) is 17.0 Å². The number of amides is 1. The Morgan fingerprint density at radius 2 is 2.05 bits per heavy atom. The molecule has 112 valence electrons. The zero-order chi connectivity index (χ0) is 16.1. The highest BCUT2D eigenvalue weighted by atomic mass is 16.6. The molecule has 0 saturated carbocycles. The minimum atomic E-state index is -0.581. The molecular formula is C15H13N3O4. The number of nitrogens with zero attached hydrogens (tertiary/aromatic N) is 2. The van der Waals surface area contributed by atoms with Gasteiger partial charge in [0.2, 0.25) is 0 Å². The molecule has 0 fully saturated rings. The Bertz CT molecular complexity index is 756. The number of nitro benzene ring substituents is 1. The number of hydrazone groups is 1. The van der Waals surface area contributed by atoms with Gasteiger partial charge in [0.15, 0.2) is 0 Å². The average Bonchev–Trinajstić information content (AvgIpc) is 2.49. The van der Waals surface area contributed by atoms with Crippen LogP contribution in [0.25, 0.3) is 0 Å². The molecule has 22 heavy (non-hydrogen) atoms. The Hall–Kier alpha value is -3.22. The van der Waals surface area contributed by atoms with Crippen LogP contribution in [0.5, 0.6) is 5.75 Å². The van der Waals surface area contributed by atoms with Crippen molar-refractivity contribution in [1.29, 1.82) is 0 Å². The number of carbonyl (C=O) groups is 1. The molecule has 0 aliphatic rings. The van der Waals surface area contributed by atoms with Crippen molar-refractivity contribution in [3.63, 3.8) is 0 Å². The van der Waals surface area contributed by atoms with Gasteiger partial charge in [-0.05, 0) is 24.6 Å². The van der Waals surface area contributed by atoms with Crippen LogP contribution >= 0.6 is 0 Å². The van der Waals surface area contributed by atoms with Crippen LogP contribution < -0.4 is 5.43 Å². The average molecular weight is 299 g/mol. The number of rotatable bonds is 4. The molecule has 0 radical (unpaired) electrons. The molecule has 0 aromatic heterocycles. The fourth-order valence-corrected chi connectivity index (χ4v) is 1.81. The van der Waals surface area contributed by atoms with E-state index in [4.69, 9.17) is 0 Å². The maximum absolute atomic E-state index is 11.9. The van der Waals surface area contributed by atoms with E-state index in [0.717, 1.165) is 11.8 Å². The summed E-state index contributed by atoms with van der Waals surface area (Å²) in [6.07, 6.45) is 1.15. The molecule has 1 amide bonds. The third-order valence-corrected chi connectivity index (χ3v) is 2.98. The normalized spacial score (nSPS) is 10.6. The van der Waals surface area contributed by atoms with Crippen molar-refractivity contribution < 1.29 is 14.8 Å². The van der Waals surface area contributed by atoms with Crippen LogP contribution in [0.1, 0.15) is 21.5 Å². The Labute approximate surface area is 126 Å². The predicted molar refractivity (Wildman–Crippen MR) is 81.0 cm³/mol. The van der Waals surface area contributed by atoms with Gasteiger partial charge in [-0.3, -0.25) is 14.9 Å². The molecule has 2 N–H and O–H groups in total. The second-order valence-corrected chi connectivity index (χ2v) is 4.51. The molecule has 2 aromatic rings.